The zero-order chi connectivity index (χ0) is 32.7. The van der Waals surface area contributed by atoms with Gasteiger partial charge in [-0.25, -0.2) is 0 Å². The molecule has 0 aromatic heterocycles. The van der Waals surface area contributed by atoms with Gasteiger partial charge in [0.2, 0.25) is 0 Å². The van der Waals surface area contributed by atoms with E-state index in [2.05, 4.69) is 0 Å². The third-order valence-corrected chi connectivity index (χ3v) is 10.4. The zero-order valence-corrected chi connectivity index (χ0v) is 28.2. The lowest BCUT2D eigenvalue weighted by Crippen LogP contribution is -2.20. The Morgan fingerprint density at radius 2 is 1.23 bits per heavy atom. The van der Waals surface area contributed by atoms with Crippen molar-refractivity contribution >= 4 is 36.0 Å². The van der Waals surface area contributed by atoms with E-state index in [1.54, 1.807) is 0 Å². The van der Waals surface area contributed by atoms with Crippen LogP contribution in [0.2, 0.25) is 0 Å². The number of unbranched alkanes of at least 4 members (excludes halogenated alkanes) is 1. The fourth-order valence-electron chi connectivity index (χ4n) is 5.79. The number of hydrogen-bond acceptors (Lipinski definition) is 6. The monoisotopic (exact) mass is 616 g/mol. The van der Waals surface area contributed by atoms with E-state index in [4.69, 9.17) is 4.74 Å². The Hall–Kier alpha value is -3.47. The summed E-state index contributed by atoms with van der Waals surface area (Å²) in [4.78, 5) is 53.4. The molecule has 7 heteroatoms. The van der Waals surface area contributed by atoms with Gasteiger partial charge in [-0.1, -0.05) is 56.3 Å². The molecule has 3 rings (SSSR count). The minimum Gasteiger partial charge on any atom is -0.461 e. The van der Waals surface area contributed by atoms with Gasteiger partial charge in [0.05, 0.1) is 14.5 Å². The summed E-state index contributed by atoms with van der Waals surface area (Å²) in [5.74, 6) is -0.162. The molecule has 0 aliphatic heterocycles. The van der Waals surface area contributed by atoms with Crippen molar-refractivity contribution in [3.05, 3.63) is 98.1 Å². The Morgan fingerprint density at radius 3 is 1.75 bits per heavy atom. The lowest BCUT2D eigenvalue weighted by Gasteiger charge is -2.23. The van der Waals surface area contributed by atoms with Gasteiger partial charge in [-0.2, -0.15) is 0 Å². The normalized spacial score (nSPS) is 11.9. The van der Waals surface area contributed by atoms with Crippen molar-refractivity contribution in [1.82, 2.24) is 0 Å². The minimum atomic E-state index is -1.98. The number of aryl methyl sites for hydroxylation is 4. The van der Waals surface area contributed by atoms with Gasteiger partial charge in [-0.15, -0.1) is 0 Å². The number of rotatable bonds is 14. The van der Waals surface area contributed by atoms with Crippen LogP contribution in [0.1, 0.15) is 105 Å². The second kappa shape index (κ2) is 15.5. The molecule has 1 N–H and O–H groups in total. The predicted molar refractivity (Wildman–Crippen MR) is 177 cm³/mol. The van der Waals surface area contributed by atoms with Crippen LogP contribution in [0.25, 0.3) is 0 Å². The molecule has 0 heterocycles. The fourth-order valence-corrected chi connectivity index (χ4v) is 8.04. The van der Waals surface area contributed by atoms with Gasteiger partial charge in [0.25, 0.3) is 0 Å². The molecule has 44 heavy (non-hydrogen) atoms. The summed E-state index contributed by atoms with van der Waals surface area (Å²) < 4.78 is 5.63. The first-order valence-corrected chi connectivity index (χ1v) is 16.6. The van der Waals surface area contributed by atoms with E-state index in [1.165, 1.54) is 0 Å². The Bertz CT molecular complexity index is 1550. The highest BCUT2D eigenvalue weighted by molar-refractivity contribution is 7.96. The summed E-state index contributed by atoms with van der Waals surface area (Å²) in [5, 5.41) is 10.7. The van der Waals surface area contributed by atoms with Crippen molar-refractivity contribution in [3.8, 4) is 0 Å². The second-order valence-electron chi connectivity index (χ2n) is 11.9. The first-order valence-electron chi connectivity index (χ1n) is 15.2. The molecule has 0 aliphatic rings. The molecule has 1 unspecified atom stereocenters. The molecule has 3 aromatic rings. The molecule has 0 saturated carbocycles. The van der Waals surface area contributed by atoms with Crippen LogP contribution in [-0.4, -0.2) is 27.9 Å². The largest absolute Gasteiger partial charge is 0.461 e. The summed E-state index contributed by atoms with van der Waals surface area (Å²) in [7, 11) is -1.98. The van der Waals surface area contributed by atoms with E-state index in [1.807, 2.05) is 97.9 Å². The highest BCUT2D eigenvalue weighted by atomic mass is 31.1. The molecule has 0 bridgehead atoms. The number of carbonyl (C=O) groups excluding carboxylic acids is 4. The van der Waals surface area contributed by atoms with Crippen molar-refractivity contribution in [2.45, 2.75) is 94.3 Å². The third kappa shape index (κ3) is 7.97. The average molecular weight is 617 g/mol. The van der Waals surface area contributed by atoms with Crippen molar-refractivity contribution in [2.75, 3.05) is 0 Å². The Balaban J connectivity index is 1.96. The van der Waals surface area contributed by atoms with E-state index in [0.29, 0.717) is 52.4 Å². The summed E-state index contributed by atoms with van der Waals surface area (Å²) in [6, 6.07) is 13.0. The Kier molecular flexibility index (Phi) is 12.3. The molecular weight excluding hydrogens is 571 g/mol. The van der Waals surface area contributed by atoms with Gasteiger partial charge in [0, 0.05) is 29.9 Å². The summed E-state index contributed by atoms with van der Waals surface area (Å²) in [6.45, 7) is 14.8. The molecular formula is C37H45O6P. The van der Waals surface area contributed by atoms with Crippen LogP contribution < -0.4 is 5.30 Å². The number of carbonyl (C=O) groups is 4. The van der Waals surface area contributed by atoms with Gasteiger partial charge in [-0.05, 0) is 104 Å². The molecule has 0 radical (unpaired) electrons. The van der Waals surface area contributed by atoms with E-state index < -0.39 is 7.92 Å². The van der Waals surface area contributed by atoms with E-state index in [-0.39, 0.29) is 48.4 Å². The van der Waals surface area contributed by atoms with Crippen LogP contribution in [0.5, 0.6) is 0 Å². The van der Waals surface area contributed by atoms with Gasteiger partial charge in [-0.3, -0.25) is 19.2 Å². The van der Waals surface area contributed by atoms with Crippen LogP contribution in [0, 0.1) is 47.5 Å². The first kappa shape index (κ1) is 35.0. The molecule has 3 aromatic carbocycles. The first-order chi connectivity index (χ1) is 20.8. The van der Waals surface area contributed by atoms with Gasteiger partial charge in [0.15, 0.2) is 11.0 Å². The van der Waals surface area contributed by atoms with Gasteiger partial charge in [0.1, 0.15) is 12.4 Å². The molecule has 234 valence electrons. The molecule has 6 nitrogen and oxygen atoms in total. The summed E-state index contributed by atoms with van der Waals surface area (Å²) in [6.07, 6.45) is 1.90. The number of benzene rings is 3. The lowest BCUT2D eigenvalue weighted by atomic mass is 9.94. The quantitative estimate of drug-likeness (QED) is 0.114. The van der Waals surface area contributed by atoms with Crippen molar-refractivity contribution in [2.24, 2.45) is 5.92 Å². The lowest BCUT2D eigenvalue weighted by molar-refractivity contribution is -0.145. The number of esters is 1. The third-order valence-electron chi connectivity index (χ3n) is 8.34. The predicted octanol–water partition coefficient (Wildman–Crippen LogP) is 7.65. The highest BCUT2D eigenvalue weighted by Gasteiger charge is 2.34. The van der Waals surface area contributed by atoms with Crippen molar-refractivity contribution in [3.63, 3.8) is 0 Å². The molecule has 0 fully saturated rings. The summed E-state index contributed by atoms with van der Waals surface area (Å²) >= 11 is 0. The van der Waals surface area contributed by atoms with Crippen LogP contribution in [0.3, 0.4) is 0 Å². The molecule has 0 spiro atoms. The fraction of sp³-hybridized carbons (Fsp3) is 0.405. The number of ether oxygens (including phenoxy) is 1. The Labute approximate surface area is 263 Å². The van der Waals surface area contributed by atoms with E-state index >= 15 is 0 Å². The standard InChI is InChI=1S/C37H45O6P/c1-22(2)32(39)16-12-13-17-33(40)43-21-31-24(4)19-26(6)35(28(31)8)37(42)44(29-14-10-9-11-15-29)36(41)34-25(5)18-23(3)30(20-38)27(34)7/h9-11,14-15,18-19,22,38H,12-13,16-17,20-21H2,1-8H3. The van der Waals surface area contributed by atoms with Crippen LogP contribution >= 0.6 is 7.92 Å². The molecule has 0 saturated heterocycles. The molecule has 0 amide bonds. The zero-order valence-electron chi connectivity index (χ0n) is 27.3. The number of aliphatic hydroxyl groups excluding tert-OH is 1. The maximum absolute atomic E-state index is 14.5. The second-order valence-corrected chi connectivity index (χ2v) is 13.9. The van der Waals surface area contributed by atoms with Crippen LogP contribution in [-0.2, 0) is 27.5 Å². The van der Waals surface area contributed by atoms with Crippen molar-refractivity contribution in [1.29, 1.82) is 0 Å². The number of aliphatic hydroxyl groups is 1. The van der Waals surface area contributed by atoms with Crippen LogP contribution in [0.4, 0.5) is 0 Å². The summed E-state index contributed by atoms with van der Waals surface area (Å²) in [5.41, 5.74) is 6.66. The van der Waals surface area contributed by atoms with Crippen molar-refractivity contribution < 1.29 is 29.0 Å². The number of Topliss-reactive ketones (excluding diaryl/α,β-unsaturated/α-hetero) is 1. The molecule has 1 atom stereocenters. The smallest absolute Gasteiger partial charge is 0.306 e. The number of hydrogen-bond donors (Lipinski definition) is 1. The highest BCUT2D eigenvalue weighted by Crippen LogP contribution is 2.46. The van der Waals surface area contributed by atoms with Gasteiger partial charge >= 0.3 is 5.97 Å². The maximum Gasteiger partial charge on any atom is 0.306 e. The van der Waals surface area contributed by atoms with E-state index in [0.717, 1.165) is 27.8 Å². The average Bonchev–Trinajstić information content (AvgIpc) is 2.95. The SMILES string of the molecule is Cc1cc(C)c(C(=O)P(C(=O)c2c(C)cc(C)c(COC(=O)CCCCC(=O)C(C)C)c2C)c2ccccc2)c(C)c1CO. The maximum atomic E-state index is 14.5. The Morgan fingerprint density at radius 1 is 0.727 bits per heavy atom. The number of ketones is 1. The van der Waals surface area contributed by atoms with E-state index in [9.17, 15) is 24.3 Å². The van der Waals surface area contributed by atoms with Gasteiger partial charge < -0.3 is 9.84 Å². The topological polar surface area (TPSA) is 97.7 Å². The minimum absolute atomic E-state index is 0.00694. The van der Waals surface area contributed by atoms with Crippen LogP contribution in [0.15, 0.2) is 42.5 Å². The molecule has 0 aliphatic carbocycles.